The number of benzene rings is 1. The Kier molecular flexibility index (Phi) is 8.52. The fourth-order valence-corrected chi connectivity index (χ4v) is 2.72. The molecule has 0 aliphatic rings. The predicted molar refractivity (Wildman–Crippen MR) is 85.8 cm³/mol. The number of phenols is 1. The summed E-state index contributed by atoms with van der Waals surface area (Å²) in [5.41, 5.74) is 0. The minimum atomic E-state index is 0.270. The van der Waals surface area contributed by atoms with Crippen molar-refractivity contribution >= 4 is 11.6 Å². The quantitative estimate of drug-likeness (QED) is 0.464. The summed E-state index contributed by atoms with van der Waals surface area (Å²) in [5, 5.41) is 9.50. The zero-order chi connectivity index (χ0) is 14.8. The van der Waals surface area contributed by atoms with Crippen molar-refractivity contribution in [2.45, 2.75) is 57.7 Å². The molecule has 1 aromatic carbocycles. The first-order valence-electron chi connectivity index (χ1n) is 7.67. The molecule has 0 fully saturated rings. The Morgan fingerprint density at radius 2 is 1.85 bits per heavy atom. The summed E-state index contributed by atoms with van der Waals surface area (Å²) in [4.78, 5) is 0. The van der Waals surface area contributed by atoms with E-state index in [1.807, 2.05) is 0 Å². The second kappa shape index (κ2) is 9.93. The van der Waals surface area contributed by atoms with E-state index in [0.29, 0.717) is 11.3 Å². The van der Waals surface area contributed by atoms with E-state index in [9.17, 15) is 5.11 Å². The van der Waals surface area contributed by atoms with Crippen molar-refractivity contribution in [1.82, 2.24) is 0 Å². The Bertz CT molecular complexity index is 351. The van der Waals surface area contributed by atoms with Crippen LogP contribution in [0.1, 0.15) is 52.4 Å². The first kappa shape index (κ1) is 17.2. The molecule has 0 aliphatic carbocycles. The largest absolute Gasteiger partial charge is 0.508 e. The lowest BCUT2D eigenvalue weighted by Gasteiger charge is -2.15. The van der Waals surface area contributed by atoms with E-state index in [0.717, 1.165) is 38.0 Å². The summed E-state index contributed by atoms with van der Waals surface area (Å²) >= 11 is 6.32. The summed E-state index contributed by atoms with van der Waals surface area (Å²) in [6.07, 6.45) is 6.86. The average Bonchev–Trinajstić information content (AvgIpc) is 2.43. The number of rotatable bonds is 10. The van der Waals surface area contributed by atoms with Gasteiger partial charge in [-0.25, -0.2) is 0 Å². The van der Waals surface area contributed by atoms with E-state index >= 15 is 0 Å². The highest BCUT2D eigenvalue weighted by Crippen LogP contribution is 2.21. The molecule has 1 unspecified atom stereocenters. The van der Waals surface area contributed by atoms with Crippen molar-refractivity contribution in [3.8, 4) is 11.5 Å². The number of hydrogen-bond acceptors (Lipinski definition) is 2. The minimum Gasteiger partial charge on any atom is -0.508 e. The minimum absolute atomic E-state index is 0.270. The molecule has 1 aromatic rings. The molecule has 0 heterocycles. The molecule has 1 rings (SSSR count). The number of unbranched alkanes of at least 4 members (excludes halogenated alkanes) is 1. The highest BCUT2D eigenvalue weighted by atomic mass is 35.5. The summed E-state index contributed by atoms with van der Waals surface area (Å²) < 4.78 is 5.64. The summed E-state index contributed by atoms with van der Waals surface area (Å²) in [7, 11) is 0. The predicted octanol–water partition coefficient (Wildman–Crippen LogP) is 5.38. The monoisotopic (exact) mass is 298 g/mol. The van der Waals surface area contributed by atoms with Crippen LogP contribution in [0, 0.1) is 5.92 Å². The highest BCUT2D eigenvalue weighted by molar-refractivity contribution is 6.20. The molecule has 0 saturated heterocycles. The summed E-state index contributed by atoms with van der Waals surface area (Å²) in [6.45, 7) is 5.19. The lowest BCUT2D eigenvalue weighted by Crippen LogP contribution is -2.08. The van der Waals surface area contributed by atoms with Crippen LogP contribution in [0.2, 0.25) is 0 Å². The van der Waals surface area contributed by atoms with Gasteiger partial charge in [0, 0.05) is 5.38 Å². The lowest BCUT2D eigenvalue weighted by atomic mass is 9.98. The van der Waals surface area contributed by atoms with Crippen LogP contribution in [0.4, 0.5) is 0 Å². The van der Waals surface area contributed by atoms with Gasteiger partial charge < -0.3 is 9.84 Å². The second-order valence-corrected chi connectivity index (χ2v) is 6.18. The Hall–Kier alpha value is -0.890. The SMILES string of the molecule is CCCCC(Cl)C[C@H](C)CCCOc1ccc(O)cc1. The van der Waals surface area contributed by atoms with Gasteiger partial charge >= 0.3 is 0 Å². The summed E-state index contributed by atoms with van der Waals surface area (Å²) in [6, 6.07) is 6.87. The van der Waals surface area contributed by atoms with Crippen LogP contribution < -0.4 is 4.74 Å². The Balaban J connectivity index is 2.09. The van der Waals surface area contributed by atoms with Gasteiger partial charge in [0.25, 0.3) is 0 Å². The number of phenolic OH excluding ortho intramolecular Hbond substituents is 1. The van der Waals surface area contributed by atoms with Gasteiger partial charge in [0.2, 0.25) is 0 Å². The molecule has 0 amide bonds. The van der Waals surface area contributed by atoms with Crippen LogP contribution in [0.5, 0.6) is 11.5 Å². The number of hydrogen-bond donors (Lipinski definition) is 1. The van der Waals surface area contributed by atoms with Gasteiger partial charge in [-0.3, -0.25) is 0 Å². The third kappa shape index (κ3) is 7.64. The van der Waals surface area contributed by atoms with Crippen molar-refractivity contribution < 1.29 is 9.84 Å². The van der Waals surface area contributed by atoms with Crippen LogP contribution >= 0.6 is 11.6 Å². The molecule has 0 aromatic heterocycles. The zero-order valence-corrected chi connectivity index (χ0v) is 13.4. The first-order valence-corrected chi connectivity index (χ1v) is 8.11. The molecule has 2 nitrogen and oxygen atoms in total. The van der Waals surface area contributed by atoms with Crippen LogP contribution in [-0.4, -0.2) is 17.1 Å². The maximum absolute atomic E-state index is 9.18. The molecule has 0 aliphatic heterocycles. The smallest absolute Gasteiger partial charge is 0.119 e. The van der Waals surface area contributed by atoms with E-state index in [1.54, 1.807) is 24.3 Å². The fraction of sp³-hybridized carbons (Fsp3) is 0.647. The van der Waals surface area contributed by atoms with Crippen LogP contribution in [-0.2, 0) is 0 Å². The van der Waals surface area contributed by atoms with Crippen LogP contribution in [0.25, 0.3) is 0 Å². The highest BCUT2D eigenvalue weighted by Gasteiger charge is 2.10. The molecule has 114 valence electrons. The van der Waals surface area contributed by atoms with Gasteiger partial charge in [-0.15, -0.1) is 11.6 Å². The third-order valence-electron chi connectivity index (χ3n) is 3.48. The number of alkyl halides is 1. The van der Waals surface area contributed by atoms with Gasteiger partial charge in [0.05, 0.1) is 6.61 Å². The molecule has 2 atom stereocenters. The number of ether oxygens (including phenoxy) is 1. The van der Waals surface area contributed by atoms with E-state index in [1.165, 1.54) is 12.8 Å². The molecule has 0 saturated carbocycles. The zero-order valence-electron chi connectivity index (χ0n) is 12.6. The van der Waals surface area contributed by atoms with Gasteiger partial charge in [0.15, 0.2) is 0 Å². The second-order valence-electron chi connectivity index (χ2n) is 5.56. The number of halogens is 1. The molecular weight excluding hydrogens is 272 g/mol. The molecule has 3 heteroatoms. The Labute approximate surface area is 128 Å². The van der Waals surface area contributed by atoms with Crippen molar-refractivity contribution in [2.75, 3.05) is 6.61 Å². The van der Waals surface area contributed by atoms with E-state index in [-0.39, 0.29) is 5.75 Å². The fourth-order valence-electron chi connectivity index (χ4n) is 2.26. The van der Waals surface area contributed by atoms with E-state index in [4.69, 9.17) is 16.3 Å². The summed E-state index contributed by atoms with van der Waals surface area (Å²) in [5.74, 6) is 1.73. The maximum atomic E-state index is 9.18. The van der Waals surface area contributed by atoms with E-state index < -0.39 is 0 Å². The normalized spacial score (nSPS) is 13.9. The topological polar surface area (TPSA) is 29.5 Å². The maximum Gasteiger partial charge on any atom is 0.119 e. The third-order valence-corrected chi connectivity index (χ3v) is 3.87. The standard InChI is InChI=1S/C17H27ClO2/c1-3-4-7-15(18)13-14(2)6-5-12-20-17-10-8-16(19)9-11-17/h8-11,14-15,19H,3-7,12-13H2,1-2H3/t14-,15?/m1/s1. The Morgan fingerprint density at radius 3 is 2.50 bits per heavy atom. The van der Waals surface area contributed by atoms with E-state index in [2.05, 4.69) is 13.8 Å². The lowest BCUT2D eigenvalue weighted by molar-refractivity contribution is 0.291. The van der Waals surface area contributed by atoms with Gasteiger partial charge in [-0.05, 0) is 55.9 Å². The molecule has 0 bridgehead atoms. The van der Waals surface area contributed by atoms with Gasteiger partial charge in [-0.1, -0.05) is 26.7 Å². The molecule has 20 heavy (non-hydrogen) atoms. The van der Waals surface area contributed by atoms with Crippen molar-refractivity contribution in [2.24, 2.45) is 5.92 Å². The Morgan fingerprint density at radius 1 is 1.15 bits per heavy atom. The van der Waals surface area contributed by atoms with Gasteiger partial charge in [0.1, 0.15) is 11.5 Å². The van der Waals surface area contributed by atoms with Crippen molar-refractivity contribution in [1.29, 1.82) is 0 Å². The van der Waals surface area contributed by atoms with Crippen LogP contribution in [0.15, 0.2) is 24.3 Å². The first-order chi connectivity index (χ1) is 9.61. The molecule has 0 spiro atoms. The number of aromatic hydroxyl groups is 1. The van der Waals surface area contributed by atoms with Crippen LogP contribution in [0.3, 0.4) is 0 Å². The molecule has 1 N–H and O–H groups in total. The van der Waals surface area contributed by atoms with Crippen molar-refractivity contribution in [3.05, 3.63) is 24.3 Å². The average molecular weight is 299 g/mol. The van der Waals surface area contributed by atoms with Gasteiger partial charge in [-0.2, -0.15) is 0 Å². The molecule has 0 radical (unpaired) electrons. The van der Waals surface area contributed by atoms with Crippen molar-refractivity contribution in [3.63, 3.8) is 0 Å². The molecular formula is C17H27ClO2.